The van der Waals surface area contributed by atoms with Crippen LogP contribution in [0.15, 0.2) is 24.8 Å². The van der Waals surface area contributed by atoms with Gasteiger partial charge in [0.25, 0.3) is 5.91 Å². The minimum absolute atomic E-state index is 0.0722. The van der Waals surface area contributed by atoms with Gasteiger partial charge in [0, 0.05) is 24.1 Å². The molecule has 1 N–H and O–H groups in total. The molecule has 1 amide bonds. The molecule has 7 nitrogen and oxygen atoms in total. The van der Waals surface area contributed by atoms with Gasteiger partial charge in [-0.3, -0.25) is 9.36 Å². The van der Waals surface area contributed by atoms with Gasteiger partial charge in [-0.05, 0) is 38.7 Å². The molecule has 3 rings (SSSR count). The number of halogens is 2. The van der Waals surface area contributed by atoms with Gasteiger partial charge >= 0.3 is 6.61 Å². The van der Waals surface area contributed by atoms with Crippen LogP contribution < -0.4 is 5.32 Å². The number of ether oxygens (including phenoxy) is 1. The van der Waals surface area contributed by atoms with Crippen molar-refractivity contribution in [3.05, 3.63) is 36.2 Å². The van der Waals surface area contributed by atoms with E-state index in [1.54, 1.807) is 36.3 Å². The van der Waals surface area contributed by atoms with E-state index < -0.39 is 12.7 Å². The Bertz CT molecular complexity index is 715. The molecule has 2 heterocycles. The van der Waals surface area contributed by atoms with Gasteiger partial charge in [0.05, 0.1) is 6.10 Å². The molecule has 1 saturated carbocycles. The van der Waals surface area contributed by atoms with Crippen LogP contribution in [0.2, 0.25) is 0 Å². The highest BCUT2D eigenvalue weighted by atomic mass is 19.3. The first-order valence-electron chi connectivity index (χ1n) is 8.10. The molecule has 0 atom stereocenters. The molecular formula is C16H19F2N5O2. The number of aryl methyl sites for hydroxylation is 1. The molecule has 2 aromatic rings. The summed E-state index contributed by atoms with van der Waals surface area (Å²) in [5.74, 6) is 0.0711. The smallest absolute Gasteiger partial charge is 0.345 e. The average Bonchev–Trinajstić information content (AvgIpc) is 3.10. The van der Waals surface area contributed by atoms with Crippen LogP contribution in [0.25, 0.3) is 5.95 Å². The number of nitrogens with one attached hydrogen (secondary N) is 1. The van der Waals surface area contributed by atoms with Gasteiger partial charge in [0.15, 0.2) is 0 Å². The number of hydrogen-bond donors (Lipinski definition) is 1. The number of alkyl halides is 2. The minimum atomic E-state index is -2.75. The van der Waals surface area contributed by atoms with Crippen molar-refractivity contribution in [2.45, 2.75) is 51.4 Å². The molecular weight excluding hydrogens is 332 g/mol. The summed E-state index contributed by atoms with van der Waals surface area (Å²) in [6.07, 6.45) is 6.61. The number of imidazole rings is 1. The summed E-state index contributed by atoms with van der Waals surface area (Å²) in [4.78, 5) is 25.0. The third-order valence-electron chi connectivity index (χ3n) is 4.12. The summed E-state index contributed by atoms with van der Waals surface area (Å²) in [6.45, 7) is -0.965. The maximum Gasteiger partial charge on any atom is 0.345 e. The highest BCUT2D eigenvalue weighted by Crippen LogP contribution is 2.23. The quantitative estimate of drug-likeness (QED) is 0.893. The van der Waals surface area contributed by atoms with Crippen LogP contribution in [0.3, 0.4) is 0 Å². The fraction of sp³-hybridized carbons (Fsp3) is 0.500. The van der Waals surface area contributed by atoms with Crippen molar-refractivity contribution in [2.24, 2.45) is 0 Å². The molecule has 1 aliphatic rings. The zero-order valence-corrected chi connectivity index (χ0v) is 13.7. The molecule has 134 valence electrons. The van der Waals surface area contributed by atoms with Crippen molar-refractivity contribution in [3.8, 4) is 5.95 Å². The Labute approximate surface area is 143 Å². The van der Waals surface area contributed by atoms with E-state index in [0.717, 1.165) is 0 Å². The van der Waals surface area contributed by atoms with E-state index in [4.69, 9.17) is 0 Å². The summed E-state index contributed by atoms with van der Waals surface area (Å²) in [5.41, 5.74) is 0.931. The zero-order valence-electron chi connectivity index (χ0n) is 13.7. The number of rotatable bonds is 5. The highest BCUT2D eigenvalue weighted by molar-refractivity contribution is 5.92. The van der Waals surface area contributed by atoms with Gasteiger partial charge in [-0.15, -0.1) is 0 Å². The Morgan fingerprint density at radius 3 is 2.72 bits per heavy atom. The normalized spacial score (nSPS) is 20.6. The lowest BCUT2D eigenvalue weighted by Crippen LogP contribution is -2.39. The molecule has 25 heavy (non-hydrogen) atoms. The van der Waals surface area contributed by atoms with Crippen molar-refractivity contribution < 1.29 is 18.3 Å². The Kier molecular flexibility index (Phi) is 5.32. The Morgan fingerprint density at radius 2 is 2.08 bits per heavy atom. The molecule has 9 heteroatoms. The van der Waals surface area contributed by atoms with Crippen LogP contribution in [0.1, 0.15) is 41.9 Å². The molecule has 2 aromatic heterocycles. The molecule has 1 aliphatic carbocycles. The van der Waals surface area contributed by atoms with Crippen LogP contribution in [-0.2, 0) is 4.74 Å². The lowest BCUT2D eigenvalue weighted by Gasteiger charge is -2.28. The second-order valence-corrected chi connectivity index (χ2v) is 6.01. The number of aromatic nitrogens is 4. The first kappa shape index (κ1) is 17.4. The van der Waals surface area contributed by atoms with Crippen LogP contribution in [0, 0.1) is 6.92 Å². The standard InChI is InChI=1S/C16H19F2N5O2/c1-10-8-13(22-16(20-10)23-7-6-19-9-23)14(24)21-11-2-4-12(5-3-11)25-15(17)18/h6-9,11-12,15H,2-5H2,1H3,(H,21,24). The summed E-state index contributed by atoms with van der Waals surface area (Å²) >= 11 is 0. The van der Waals surface area contributed by atoms with Crippen LogP contribution >= 0.6 is 0 Å². The number of amides is 1. The highest BCUT2D eigenvalue weighted by Gasteiger charge is 2.25. The lowest BCUT2D eigenvalue weighted by molar-refractivity contribution is -0.170. The molecule has 0 bridgehead atoms. The Hall–Kier alpha value is -2.42. The van der Waals surface area contributed by atoms with Crippen molar-refractivity contribution in [1.29, 1.82) is 0 Å². The number of hydrogen-bond acceptors (Lipinski definition) is 5. The molecule has 0 saturated heterocycles. The summed E-state index contributed by atoms with van der Waals surface area (Å²) < 4.78 is 30.6. The van der Waals surface area contributed by atoms with E-state index in [1.807, 2.05) is 0 Å². The van der Waals surface area contributed by atoms with Crippen molar-refractivity contribution in [1.82, 2.24) is 24.8 Å². The summed E-state index contributed by atoms with van der Waals surface area (Å²) in [7, 11) is 0. The lowest BCUT2D eigenvalue weighted by atomic mass is 9.93. The number of carbonyl (C=O) groups excluding carboxylic acids is 1. The number of carbonyl (C=O) groups is 1. The third kappa shape index (κ3) is 4.56. The second-order valence-electron chi connectivity index (χ2n) is 6.01. The molecule has 0 unspecified atom stereocenters. The molecule has 0 aromatic carbocycles. The van der Waals surface area contributed by atoms with Gasteiger partial charge in [-0.1, -0.05) is 0 Å². The number of nitrogens with zero attached hydrogens (tertiary/aromatic N) is 4. The van der Waals surface area contributed by atoms with Crippen molar-refractivity contribution >= 4 is 5.91 Å². The average molecular weight is 351 g/mol. The Balaban J connectivity index is 1.62. The maximum atomic E-state index is 12.5. The van der Waals surface area contributed by atoms with Crippen molar-refractivity contribution in [3.63, 3.8) is 0 Å². The van der Waals surface area contributed by atoms with Crippen LogP contribution in [-0.4, -0.2) is 44.2 Å². The van der Waals surface area contributed by atoms with Gasteiger partial charge in [0.2, 0.25) is 5.95 Å². The van der Waals surface area contributed by atoms with E-state index in [9.17, 15) is 13.6 Å². The van der Waals surface area contributed by atoms with Gasteiger partial charge in [0.1, 0.15) is 12.0 Å². The van der Waals surface area contributed by atoms with E-state index in [0.29, 0.717) is 37.3 Å². The van der Waals surface area contributed by atoms with Crippen LogP contribution in [0.4, 0.5) is 8.78 Å². The van der Waals surface area contributed by atoms with Gasteiger partial charge < -0.3 is 10.1 Å². The fourth-order valence-electron chi connectivity index (χ4n) is 2.91. The zero-order chi connectivity index (χ0) is 17.8. The largest absolute Gasteiger partial charge is 0.348 e. The second kappa shape index (κ2) is 7.64. The Morgan fingerprint density at radius 1 is 1.32 bits per heavy atom. The van der Waals surface area contributed by atoms with Crippen LogP contribution in [0.5, 0.6) is 0 Å². The molecule has 1 fully saturated rings. The molecule has 0 radical (unpaired) electrons. The first-order valence-corrected chi connectivity index (χ1v) is 8.10. The first-order chi connectivity index (χ1) is 12.0. The van der Waals surface area contributed by atoms with E-state index in [1.165, 1.54) is 0 Å². The van der Waals surface area contributed by atoms with Gasteiger partial charge in [-0.25, -0.2) is 15.0 Å². The van der Waals surface area contributed by atoms with E-state index in [-0.39, 0.29) is 17.6 Å². The monoisotopic (exact) mass is 351 g/mol. The predicted octanol–water partition coefficient (Wildman–Crippen LogP) is 2.25. The van der Waals surface area contributed by atoms with E-state index in [2.05, 4.69) is 25.0 Å². The predicted molar refractivity (Wildman–Crippen MR) is 84.5 cm³/mol. The SMILES string of the molecule is Cc1cc(C(=O)NC2CCC(OC(F)F)CC2)nc(-n2ccnc2)n1. The maximum absolute atomic E-state index is 12.5. The van der Waals surface area contributed by atoms with Gasteiger partial charge in [-0.2, -0.15) is 8.78 Å². The third-order valence-corrected chi connectivity index (χ3v) is 4.12. The van der Waals surface area contributed by atoms with Crippen molar-refractivity contribution in [2.75, 3.05) is 0 Å². The fourth-order valence-corrected chi connectivity index (χ4v) is 2.91. The summed E-state index contributed by atoms with van der Waals surface area (Å²) in [6, 6.07) is 1.54. The molecule has 0 aliphatic heterocycles. The summed E-state index contributed by atoms with van der Waals surface area (Å²) in [5, 5.41) is 2.91. The topological polar surface area (TPSA) is 81.9 Å². The molecule has 0 spiro atoms. The minimum Gasteiger partial charge on any atom is -0.348 e. The van der Waals surface area contributed by atoms with E-state index >= 15 is 0 Å².